The summed E-state index contributed by atoms with van der Waals surface area (Å²) in [6.07, 6.45) is 6.11. The van der Waals surface area contributed by atoms with Crippen molar-refractivity contribution < 1.29 is 18.7 Å². The molecule has 6 nitrogen and oxygen atoms in total. The van der Waals surface area contributed by atoms with Gasteiger partial charge in [0.05, 0.1) is 18.9 Å². The standard InChI is InChI=1S/C26H20N2O4/c29-25(17-21-7-3-6-20-5-1-2-9-24(20)21)28-27-18-19-10-12-23(13-11-19)32-26(30)15-14-22-8-4-16-31-22/h1-16,18H,17H2,(H,28,29)/b15-14+,27-18?. The molecule has 1 aromatic heterocycles. The fourth-order valence-electron chi connectivity index (χ4n) is 3.15. The summed E-state index contributed by atoms with van der Waals surface area (Å²) in [6, 6.07) is 24.1. The lowest BCUT2D eigenvalue weighted by atomic mass is 10.0. The molecule has 1 N–H and O–H groups in total. The van der Waals surface area contributed by atoms with Gasteiger partial charge in [-0.2, -0.15) is 5.10 Å². The highest BCUT2D eigenvalue weighted by atomic mass is 16.5. The molecule has 0 aliphatic rings. The van der Waals surface area contributed by atoms with Gasteiger partial charge in [-0.3, -0.25) is 4.79 Å². The van der Waals surface area contributed by atoms with E-state index in [4.69, 9.17) is 9.15 Å². The average molecular weight is 424 g/mol. The van der Waals surface area contributed by atoms with Crippen molar-refractivity contribution in [2.75, 3.05) is 0 Å². The minimum Gasteiger partial charge on any atom is -0.465 e. The van der Waals surface area contributed by atoms with Gasteiger partial charge >= 0.3 is 5.97 Å². The molecule has 4 rings (SSSR count). The molecule has 0 aliphatic carbocycles. The van der Waals surface area contributed by atoms with E-state index in [1.807, 2.05) is 42.5 Å². The lowest BCUT2D eigenvalue weighted by molar-refractivity contribution is -0.129. The van der Waals surface area contributed by atoms with Crippen LogP contribution >= 0.6 is 0 Å². The third-order valence-corrected chi connectivity index (χ3v) is 4.66. The Balaban J connectivity index is 1.29. The summed E-state index contributed by atoms with van der Waals surface area (Å²) in [4.78, 5) is 24.1. The zero-order valence-electron chi connectivity index (χ0n) is 17.1. The van der Waals surface area contributed by atoms with Gasteiger partial charge in [0.1, 0.15) is 11.5 Å². The number of hydrazone groups is 1. The van der Waals surface area contributed by atoms with E-state index in [2.05, 4.69) is 10.5 Å². The second-order valence-corrected chi connectivity index (χ2v) is 6.95. The lowest BCUT2D eigenvalue weighted by Crippen LogP contribution is -2.19. The Labute approximate surface area is 184 Å². The van der Waals surface area contributed by atoms with Crippen molar-refractivity contribution in [1.29, 1.82) is 0 Å². The van der Waals surface area contributed by atoms with Crippen molar-refractivity contribution in [1.82, 2.24) is 5.43 Å². The van der Waals surface area contributed by atoms with Gasteiger partial charge < -0.3 is 9.15 Å². The van der Waals surface area contributed by atoms with Gasteiger partial charge in [-0.25, -0.2) is 10.2 Å². The number of furan rings is 1. The van der Waals surface area contributed by atoms with Crippen molar-refractivity contribution >= 4 is 34.9 Å². The Kier molecular flexibility index (Phi) is 6.53. The quantitative estimate of drug-likeness (QED) is 0.153. The Bertz CT molecular complexity index is 1270. The maximum absolute atomic E-state index is 12.3. The minimum absolute atomic E-state index is 0.202. The first-order chi connectivity index (χ1) is 15.7. The number of ether oxygens (including phenoxy) is 1. The molecule has 0 saturated heterocycles. The molecule has 32 heavy (non-hydrogen) atoms. The van der Waals surface area contributed by atoms with E-state index in [1.165, 1.54) is 24.6 Å². The van der Waals surface area contributed by atoms with Crippen LogP contribution < -0.4 is 10.2 Å². The number of carbonyl (C=O) groups excluding carboxylic acids is 2. The van der Waals surface area contributed by atoms with Gasteiger partial charge in [-0.05, 0) is 64.4 Å². The summed E-state index contributed by atoms with van der Waals surface area (Å²) in [7, 11) is 0. The predicted octanol–water partition coefficient (Wildman–Crippen LogP) is 4.74. The lowest BCUT2D eigenvalue weighted by Gasteiger charge is -2.05. The Morgan fingerprint density at radius 2 is 1.75 bits per heavy atom. The van der Waals surface area contributed by atoms with Crippen LogP contribution in [0.1, 0.15) is 16.9 Å². The van der Waals surface area contributed by atoms with Gasteiger partial charge in [0.2, 0.25) is 5.91 Å². The van der Waals surface area contributed by atoms with Crippen molar-refractivity contribution in [3.8, 4) is 5.75 Å². The average Bonchev–Trinajstić information content (AvgIpc) is 3.33. The van der Waals surface area contributed by atoms with E-state index in [9.17, 15) is 9.59 Å². The first-order valence-electron chi connectivity index (χ1n) is 9.99. The summed E-state index contributed by atoms with van der Waals surface area (Å²) in [5.74, 6) is 0.252. The monoisotopic (exact) mass is 424 g/mol. The fourth-order valence-corrected chi connectivity index (χ4v) is 3.15. The molecule has 0 unspecified atom stereocenters. The molecule has 4 aromatic rings. The van der Waals surface area contributed by atoms with Crippen molar-refractivity contribution in [2.24, 2.45) is 5.10 Å². The van der Waals surface area contributed by atoms with E-state index in [0.717, 1.165) is 21.9 Å². The van der Waals surface area contributed by atoms with Crippen LogP contribution in [-0.4, -0.2) is 18.1 Å². The molecule has 3 aromatic carbocycles. The molecule has 0 atom stereocenters. The highest BCUT2D eigenvalue weighted by Crippen LogP contribution is 2.19. The molecule has 0 fully saturated rings. The van der Waals surface area contributed by atoms with Gasteiger partial charge in [0.25, 0.3) is 0 Å². The molecule has 1 amide bonds. The van der Waals surface area contributed by atoms with Crippen molar-refractivity contribution in [2.45, 2.75) is 6.42 Å². The first-order valence-corrected chi connectivity index (χ1v) is 9.99. The first kappa shape index (κ1) is 20.8. The van der Waals surface area contributed by atoms with Crippen LogP contribution in [-0.2, 0) is 16.0 Å². The normalized spacial score (nSPS) is 11.2. The third-order valence-electron chi connectivity index (χ3n) is 4.66. The Hall–Kier alpha value is -4.45. The molecule has 0 spiro atoms. The second kappa shape index (κ2) is 10.0. The molecule has 1 heterocycles. The molecule has 6 heteroatoms. The Morgan fingerprint density at radius 3 is 2.56 bits per heavy atom. The van der Waals surface area contributed by atoms with Crippen LogP contribution in [0.5, 0.6) is 5.75 Å². The zero-order valence-corrected chi connectivity index (χ0v) is 17.1. The Morgan fingerprint density at radius 1 is 0.938 bits per heavy atom. The predicted molar refractivity (Wildman–Crippen MR) is 123 cm³/mol. The van der Waals surface area contributed by atoms with E-state index < -0.39 is 5.97 Å². The summed E-state index contributed by atoms with van der Waals surface area (Å²) < 4.78 is 10.3. The van der Waals surface area contributed by atoms with E-state index >= 15 is 0 Å². The number of fused-ring (bicyclic) bond motifs is 1. The number of benzene rings is 3. The molecular weight excluding hydrogens is 404 g/mol. The van der Waals surface area contributed by atoms with Crippen LogP contribution in [0.25, 0.3) is 16.8 Å². The SMILES string of the molecule is O=C(Cc1cccc2ccccc12)NN=Cc1ccc(OC(=O)/C=C/c2ccco2)cc1. The maximum Gasteiger partial charge on any atom is 0.336 e. The smallest absolute Gasteiger partial charge is 0.336 e. The molecule has 0 bridgehead atoms. The van der Waals surface area contributed by atoms with Crippen LogP contribution in [0.2, 0.25) is 0 Å². The second-order valence-electron chi connectivity index (χ2n) is 6.95. The van der Waals surface area contributed by atoms with Gasteiger partial charge in [0.15, 0.2) is 0 Å². The third kappa shape index (κ3) is 5.58. The van der Waals surface area contributed by atoms with E-state index in [-0.39, 0.29) is 12.3 Å². The maximum atomic E-state index is 12.3. The van der Waals surface area contributed by atoms with E-state index in [1.54, 1.807) is 36.4 Å². The number of nitrogens with zero attached hydrogens (tertiary/aromatic N) is 1. The van der Waals surface area contributed by atoms with Gasteiger partial charge in [0, 0.05) is 6.08 Å². The number of carbonyl (C=O) groups is 2. The number of hydrogen-bond donors (Lipinski definition) is 1. The van der Waals surface area contributed by atoms with Crippen LogP contribution in [0, 0.1) is 0 Å². The number of hydrogen-bond acceptors (Lipinski definition) is 5. The summed E-state index contributed by atoms with van der Waals surface area (Å²) >= 11 is 0. The minimum atomic E-state index is -0.511. The fraction of sp³-hybridized carbons (Fsp3) is 0.0385. The summed E-state index contributed by atoms with van der Waals surface area (Å²) in [5.41, 5.74) is 4.25. The summed E-state index contributed by atoms with van der Waals surface area (Å²) in [5, 5.41) is 6.16. The van der Waals surface area contributed by atoms with Gasteiger partial charge in [-0.15, -0.1) is 0 Å². The van der Waals surface area contributed by atoms with Gasteiger partial charge in [-0.1, -0.05) is 42.5 Å². The molecule has 158 valence electrons. The molecule has 0 saturated carbocycles. The summed E-state index contributed by atoms with van der Waals surface area (Å²) in [6.45, 7) is 0. The topological polar surface area (TPSA) is 80.9 Å². The highest BCUT2D eigenvalue weighted by Gasteiger charge is 2.06. The van der Waals surface area contributed by atoms with Crippen molar-refractivity contribution in [3.63, 3.8) is 0 Å². The largest absolute Gasteiger partial charge is 0.465 e. The number of esters is 1. The number of rotatable bonds is 7. The number of nitrogens with one attached hydrogen (secondary N) is 1. The van der Waals surface area contributed by atoms with E-state index in [0.29, 0.717) is 11.5 Å². The highest BCUT2D eigenvalue weighted by molar-refractivity contribution is 5.91. The van der Waals surface area contributed by atoms with Crippen LogP contribution in [0.3, 0.4) is 0 Å². The molecule has 0 radical (unpaired) electrons. The van der Waals surface area contributed by atoms with Crippen LogP contribution in [0.4, 0.5) is 0 Å². The molecular formula is C26H20N2O4. The number of amides is 1. The zero-order chi connectivity index (χ0) is 22.2. The van der Waals surface area contributed by atoms with Crippen molar-refractivity contribution in [3.05, 3.63) is 108 Å². The molecule has 0 aliphatic heterocycles. The van der Waals surface area contributed by atoms with Crippen LogP contribution in [0.15, 0.2) is 101 Å².